The van der Waals surface area contributed by atoms with Crippen LogP contribution in [0.1, 0.15) is 31.7 Å². The SMILES string of the molecule is CC[C@H](C)c1ccc(Nc2nc3ccccc3nc2NS(=O)(=O)c2cc(Cl)ccc2Cl)cc1. The molecule has 0 amide bonds. The molecule has 4 aromatic rings. The lowest BCUT2D eigenvalue weighted by atomic mass is 9.99. The van der Waals surface area contributed by atoms with Crippen LogP contribution in [-0.2, 0) is 10.0 Å². The van der Waals surface area contributed by atoms with E-state index in [0.717, 1.165) is 12.1 Å². The molecule has 1 heterocycles. The predicted octanol–water partition coefficient (Wildman–Crippen LogP) is 6.99. The quantitative estimate of drug-likeness (QED) is 0.285. The molecule has 4 rings (SSSR count). The zero-order valence-corrected chi connectivity index (χ0v) is 20.3. The molecule has 0 aliphatic heterocycles. The molecule has 0 bridgehead atoms. The molecule has 0 saturated heterocycles. The van der Waals surface area contributed by atoms with Crippen LogP contribution >= 0.6 is 23.2 Å². The number of nitrogens with zero attached hydrogens (tertiary/aromatic N) is 2. The number of nitrogens with one attached hydrogen (secondary N) is 2. The highest BCUT2D eigenvalue weighted by molar-refractivity contribution is 7.92. The van der Waals surface area contributed by atoms with E-state index < -0.39 is 10.0 Å². The molecule has 1 atom stereocenters. The van der Waals surface area contributed by atoms with Gasteiger partial charge in [-0.15, -0.1) is 0 Å². The molecule has 9 heteroatoms. The summed E-state index contributed by atoms with van der Waals surface area (Å²) in [5.41, 5.74) is 3.15. The lowest BCUT2D eigenvalue weighted by Crippen LogP contribution is -2.16. The number of benzene rings is 3. The maximum absolute atomic E-state index is 13.1. The third kappa shape index (κ3) is 5.21. The normalized spacial score (nSPS) is 12.5. The summed E-state index contributed by atoms with van der Waals surface area (Å²) >= 11 is 12.1. The minimum Gasteiger partial charge on any atom is -0.337 e. The third-order valence-electron chi connectivity index (χ3n) is 5.34. The summed E-state index contributed by atoms with van der Waals surface area (Å²) in [4.78, 5) is 8.96. The van der Waals surface area contributed by atoms with E-state index in [1.165, 1.54) is 23.8 Å². The van der Waals surface area contributed by atoms with E-state index in [9.17, 15) is 8.42 Å². The first kappa shape index (κ1) is 23.3. The molecule has 2 N–H and O–H groups in total. The number of para-hydroxylation sites is 2. The molecule has 0 unspecified atom stereocenters. The van der Waals surface area contributed by atoms with Crippen molar-refractivity contribution in [3.05, 3.63) is 82.3 Å². The fourth-order valence-corrected chi connectivity index (χ4v) is 5.06. The predicted molar refractivity (Wildman–Crippen MR) is 135 cm³/mol. The largest absolute Gasteiger partial charge is 0.337 e. The van der Waals surface area contributed by atoms with Crippen molar-refractivity contribution in [2.24, 2.45) is 0 Å². The maximum Gasteiger partial charge on any atom is 0.264 e. The Bertz CT molecular complexity index is 1410. The molecule has 0 fully saturated rings. The van der Waals surface area contributed by atoms with Gasteiger partial charge in [0.15, 0.2) is 11.6 Å². The van der Waals surface area contributed by atoms with Gasteiger partial charge in [0.1, 0.15) is 4.90 Å². The van der Waals surface area contributed by atoms with Crippen molar-refractivity contribution in [2.45, 2.75) is 31.1 Å². The van der Waals surface area contributed by atoms with E-state index in [0.29, 0.717) is 17.0 Å². The van der Waals surface area contributed by atoms with Crippen molar-refractivity contribution in [1.82, 2.24) is 9.97 Å². The number of rotatable bonds is 7. The van der Waals surface area contributed by atoms with Gasteiger partial charge >= 0.3 is 0 Å². The average Bonchev–Trinajstić information content (AvgIpc) is 2.80. The molecule has 0 aliphatic carbocycles. The minimum atomic E-state index is -4.08. The van der Waals surface area contributed by atoms with Gasteiger partial charge in [-0.2, -0.15) is 0 Å². The first-order chi connectivity index (χ1) is 15.8. The molecule has 1 aromatic heterocycles. The van der Waals surface area contributed by atoms with Crippen LogP contribution in [0, 0.1) is 0 Å². The average molecular weight is 501 g/mol. The molecule has 0 spiro atoms. The van der Waals surface area contributed by atoms with E-state index in [1.807, 2.05) is 42.5 Å². The van der Waals surface area contributed by atoms with E-state index in [1.54, 1.807) is 6.07 Å². The molecule has 0 aliphatic rings. The molecule has 3 aromatic carbocycles. The Morgan fingerprint density at radius 3 is 2.18 bits per heavy atom. The van der Waals surface area contributed by atoms with Gasteiger partial charge in [0, 0.05) is 10.7 Å². The molecule has 6 nitrogen and oxygen atoms in total. The number of anilines is 3. The second-order valence-electron chi connectivity index (χ2n) is 7.65. The zero-order valence-electron chi connectivity index (χ0n) is 18.0. The lowest BCUT2D eigenvalue weighted by Gasteiger charge is -2.15. The van der Waals surface area contributed by atoms with Crippen LogP contribution in [0.15, 0.2) is 71.6 Å². The van der Waals surface area contributed by atoms with Crippen LogP contribution in [0.2, 0.25) is 10.0 Å². The Morgan fingerprint density at radius 2 is 1.55 bits per heavy atom. The van der Waals surface area contributed by atoms with Gasteiger partial charge in [-0.05, 0) is 60.4 Å². The Kier molecular flexibility index (Phi) is 6.74. The van der Waals surface area contributed by atoms with Crippen molar-refractivity contribution in [3.8, 4) is 0 Å². The molecule has 0 radical (unpaired) electrons. The summed E-state index contributed by atoms with van der Waals surface area (Å²) in [5, 5.41) is 3.49. The van der Waals surface area contributed by atoms with Gasteiger partial charge in [-0.3, -0.25) is 4.72 Å². The van der Waals surface area contributed by atoms with Crippen LogP contribution in [0.25, 0.3) is 11.0 Å². The van der Waals surface area contributed by atoms with Gasteiger partial charge in [0.2, 0.25) is 0 Å². The van der Waals surface area contributed by atoms with Crippen molar-refractivity contribution in [3.63, 3.8) is 0 Å². The van der Waals surface area contributed by atoms with Gasteiger partial charge in [0.25, 0.3) is 10.0 Å². The van der Waals surface area contributed by atoms with Crippen LogP contribution in [0.3, 0.4) is 0 Å². The second-order valence-corrected chi connectivity index (χ2v) is 10.1. The summed E-state index contributed by atoms with van der Waals surface area (Å²) in [6, 6.07) is 19.4. The number of halogens is 2. The summed E-state index contributed by atoms with van der Waals surface area (Å²) in [6.07, 6.45) is 1.04. The van der Waals surface area contributed by atoms with Crippen molar-refractivity contribution in [2.75, 3.05) is 10.0 Å². The summed E-state index contributed by atoms with van der Waals surface area (Å²) in [6.45, 7) is 4.32. The van der Waals surface area contributed by atoms with Gasteiger partial charge in [-0.1, -0.05) is 61.3 Å². The van der Waals surface area contributed by atoms with Crippen molar-refractivity contribution < 1.29 is 8.42 Å². The number of fused-ring (bicyclic) bond motifs is 1. The first-order valence-corrected chi connectivity index (χ1v) is 12.6. The Labute approximate surface area is 203 Å². The van der Waals surface area contributed by atoms with Crippen LogP contribution < -0.4 is 10.0 Å². The Hall–Kier alpha value is -2.87. The minimum absolute atomic E-state index is 0.0516. The Balaban J connectivity index is 1.74. The van der Waals surface area contributed by atoms with Crippen molar-refractivity contribution >= 4 is 61.6 Å². The summed E-state index contributed by atoms with van der Waals surface area (Å²) < 4.78 is 28.8. The first-order valence-electron chi connectivity index (χ1n) is 10.4. The highest BCUT2D eigenvalue weighted by atomic mass is 35.5. The smallest absolute Gasteiger partial charge is 0.264 e. The van der Waals surface area contributed by atoms with E-state index in [2.05, 4.69) is 33.9 Å². The number of hydrogen-bond donors (Lipinski definition) is 2. The van der Waals surface area contributed by atoms with Gasteiger partial charge in [-0.25, -0.2) is 18.4 Å². The number of hydrogen-bond acceptors (Lipinski definition) is 5. The summed E-state index contributed by atoms with van der Waals surface area (Å²) in [7, 11) is -4.08. The van der Waals surface area contributed by atoms with Gasteiger partial charge in [0.05, 0.1) is 16.1 Å². The molecule has 33 heavy (non-hydrogen) atoms. The fraction of sp³-hybridized carbons (Fsp3) is 0.167. The standard InChI is InChI=1S/C24H22Cl2N4O2S/c1-3-15(2)16-8-11-18(12-9-16)27-23-24(29-21-7-5-4-6-20(21)28-23)30-33(31,32)22-14-17(25)10-13-19(22)26/h4-15H,3H2,1-2H3,(H,27,28)(H,29,30)/t15-/m0/s1. The van der Waals surface area contributed by atoms with Gasteiger partial charge < -0.3 is 5.32 Å². The Morgan fingerprint density at radius 1 is 0.909 bits per heavy atom. The van der Waals surface area contributed by atoms with Crippen LogP contribution in [0.5, 0.6) is 0 Å². The highest BCUT2D eigenvalue weighted by Crippen LogP contribution is 2.31. The maximum atomic E-state index is 13.1. The van der Waals surface area contributed by atoms with Crippen molar-refractivity contribution in [1.29, 1.82) is 0 Å². The van der Waals surface area contributed by atoms with Crippen LogP contribution in [-0.4, -0.2) is 18.4 Å². The number of sulfonamides is 1. The van der Waals surface area contributed by atoms with Crippen LogP contribution in [0.4, 0.5) is 17.3 Å². The lowest BCUT2D eigenvalue weighted by molar-refractivity contribution is 0.601. The topological polar surface area (TPSA) is 84.0 Å². The monoisotopic (exact) mass is 500 g/mol. The van der Waals surface area contributed by atoms with E-state index in [4.69, 9.17) is 23.2 Å². The zero-order chi connectivity index (χ0) is 23.6. The molecule has 0 saturated carbocycles. The van der Waals surface area contributed by atoms with E-state index >= 15 is 0 Å². The molecular weight excluding hydrogens is 479 g/mol. The fourth-order valence-electron chi connectivity index (χ4n) is 3.29. The molecule has 170 valence electrons. The number of aromatic nitrogens is 2. The third-order valence-corrected chi connectivity index (χ3v) is 7.39. The molecular formula is C24H22Cl2N4O2S. The second kappa shape index (κ2) is 9.55. The van der Waals surface area contributed by atoms with E-state index in [-0.39, 0.29) is 26.6 Å². The highest BCUT2D eigenvalue weighted by Gasteiger charge is 2.22. The summed E-state index contributed by atoms with van der Waals surface area (Å²) in [5.74, 6) is 0.770.